The minimum absolute atomic E-state index is 0.242. The van der Waals surface area contributed by atoms with Gasteiger partial charge in [0.15, 0.2) is 0 Å². The third-order valence-electron chi connectivity index (χ3n) is 5.32. The van der Waals surface area contributed by atoms with E-state index in [1.165, 1.54) is 0 Å². The molecular weight excluding hydrogens is 306 g/mol. The number of nitrogens with two attached hydrogens (primary N) is 1. The largest absolute Gasteiger partial charge is 0.383 e. The lowest BCUT2D eigenvalue weighted by atomic mass is 9.72. The van der Waals surface area contributed by atoms with Crippen LogP contribution in [0.2, 0.25) is 0 Å². The summed E-state index contributed by atoms with van der Waals surface area (Å²) < 4.78 is 5.14. The van der Waals surface area contributed by atoms with Crippen molar-refractivity contribution in [3.05, 3.63) is 11.8 Å². The monoisotopic (exact) mass is 333 g/mol. The Morgan fingerprint density at radius 3 is 2.71 bits per heavy atom. The molecule has 0 aliphatic carbocycles. The van der Waals surface area contributed by atoms with Crippen LogP contribution >= 0.6 is 0 Å². The zero-order chi connectivity index (χ0) is 17.2. The SMILES string of the molecule is COCCN1CC2(CCC1=O)CCN(c1cc(C)nc(N)n1)CC2. The molecule has 3 heterocycles. The molecule has 3 rings (SSSR count). The number of carbonyl (C=O) groups excluding carboxylic acids is 1. The summed E-state index contributed by atoms with van der Waals surface area (Å²) >= 11 is 0. The second kappa shape index (κ2) is 6.93. The first-order valence-corrected chi connectivity index (χ1v) is 8.64. The first-order chi connectivity index (χ1) is 11.5. The van der Waals surface area contributed by atoms with Gasteiger partial charge in [0.1, 0.15) is 5.82 Å². The van der Waals surface area contributed by atoms with E-state index in [-0.39, 0.29) is 11.3 Å². The molecule has 0 radical (unpaired) electrons. The number of nitrogen functional groups attached to an aromatic ring is 1. The van der Waals surface area contributed by atoms with Crippen molar-refractivity contribution in [2.24, 2.45) is 5.41 Å². The number of aryl methyl sites for hydroxylation is 1. The second-order valence-corrected chi connectivity index (χ2v) is 7.02. The molecule has 7 heteroatoms. The molecule has 2 fully saturated rings. The topological polar surface area (TPSA) is 84.6 Å². The maximum absolute atomic E-state index is 12.1. The van der Waals surface area contributed by atoms with E-state index < -0.39 is 0 Å². The quantitative estimate of drug-likeness (QED) is 0.892. The fourth-order valence-electron chi connectivity index (χ4n) is 3.86. The van der Waals surface area contributed by atoms with Crippen molar-refractivity contribution in [1.29, 1.82) is 0 Å². The van der Waals surface area contributed by atoms with Crippen LogP contribution in [-0.2, 0) is 9.53 Å². The molecule has 0 saturated carbocycles. The summed E-state index contributed by atoms with van der Waals surface area (Å²) in [5.74, 6) is 1.51. The highest BCUT2D eigenvalue weighted by atomic mass is 16.5. The van der Waals surface area contributed by atoms with E-state index >= 15 is 0 Å². The third kappa shape index (κ3) is 3.61. The summed E-state index contributed by atoms with van der Waals surface area (Å²) in [5.41, 5.74) is 6.91. The number of rotatable bonds is 4. The van der Waals surface area contributed by atoms with Crippen LogP contribution in [0.5, 0.6) is 0 Å². The van der Waals surface area contributed by atoms with E-state index in [0.717, 1.165) is 50.4 Å². The molecule has 2 saturated heterocycles. The van der Waals surface area contributed by atoms with Crippen molar-refractivity contribution < 1.29 is 9.53 Å². The van der Waals surface area contributed by atoms with Gasteiger partial charge in [0.25, 0.3) is 0 Å². The number of likely N-dealkylation sites (tertiary alicyclic amines) is 1. The fourth-order valence-corrected chi connectivity index (χ4v) is 3.86. The number of nitrogens with zero attached hydrogens (tertiary/aromatic N) is 4. The maximum atomic E-state index is 12.1. The lowest BCUT2D eigenvalue weighted by molar-refractivity contribution is -0.139. The molecule has 24 heavy (non-hydrogen) atoms. The predicted molar refractivity (Wildman–Crippen MR) is 92.8 cm³/mol. The fraction of sp³-hybridized carbons (Fsp3) is 0.706. The van der Waals surface area contributed by atoms with Crippen molar-refractivity contribution in [2.45, 2.75) is 32.6 Å². The van der Waals surface area contributed by atoms with Crippen molar-refractivity contribution in [3.8, 4) is 0 Å². The van der Waals surface area contributed by atoms with Crippen LogP contribution in [0.4, 0.5) is 11.8 Å². The molecule has 2 N–H and O–H groups in total. The lowest BCUT2D eigenvalue weighted by Gasteiger charge is -2.47. The average Bonchev–Trinajstić information content (AvgIpc) is 2.56. The van der Waals surface area contributed by atoms with Crippen molar-refractivity contribution in [1.82, 2.24) is 14.9 Å². The van der Waals surface area contributed by atoms with Crippen LogP contribution in [0.25, 0.3) is 0 Å². The number of hydrogen-bond donors (Lipinski definition) is 1. The van der Waals surface area contributed by atoms with Crippen molar-refractivity contribution in [2.75, 3.05) is 50.5 Å². The first kappa shape index (κ1) is 17.0. The first-order valence-electron chi connectivity index (χ1n) is 8.64. The summed E-state index contributed by atoms with van der Waals surface area (Å²) in [5, 5.41) is 0. The number of amides is 1. The lowest BCUT2D eigenvalue weighted by Crippen LogP contribution is -2.52. The van der Waals surface area contributed by atoms with E-state index in [2.05, 4.69) is 14.9 Å². The molecule has 2 aliphatic heterocycles. The van der Waals surface area contributed by atoms with Gasteiger partial charge in [-0.15, -0.1) is 0 Å². The highest BCUT2D eigenvalue weighted by Crippen LogP contribution is 2.40. The minimum atomic E-state index is 0.242. The Balaban J connectivity index is 1.64. The van der Waals surface area contributed by atoms with Crippen LogP contribution in [0.15, 0.2) is 6.07 Å². The Hall–Kier alpha value is -1.89. The molecule has 0 bridgehead atoms. The van der Waals surface area contributed by atoms with Gasteiger partial charge in [0.2, 0.25) is 11.9 Å². The molecule has 7 nitrogen and oxygen atoms in total. The predicted octanol–water partition coefficient (Wildman–Crippen LogP) is 1.22. The van der Waals surface area contributed by atoms with Gasteiger partial charge in [-0.2, -0.15) is 4.98 Å². The molecule has 0 atom stereocenters. The molecule has 1 aromatic rings. The second-order valence-electron chi connectivity index (χ2n) is 7.02. The third-order valence-corrected chi connectivity index (χ3v) is 5.32. The number of piperidine rings is 2. The smallest absolute Gasteiger partial charge is 0.222 e. The van der Waals surface area contributed by atoms with Gasteiger partial charge in [-0.1, -0.05) is 0 Å². The molecular formula is C17H27N5O2. The van der Waals surface area contributed by atoms with Crippen LogP contribution in [0, 0.1) is 12.3 Å². The van der Waals surface area contributed by atoms with Gasteiger partial charge >= 0.3 is 0 Å². The Kier molecular flexibility index (Phi) is 4.89. The molecule has 0 unspecified atom stereocenters. The molecule has 2 aliphatic rings. The zero-order valence-corrected chi connectivity index (χ0v) is 14.6. The number of ether oxygens (including phenoxy) is 1. The normalized spacial score (nSPS) is 20.7. The van der Waals surface area contributed by atoms with Gasteiger partial charge < -0.3 is 20.3 Å². The number of carbonyl (C=O) groups is 1. The molecule has 0 aromatic carbocycles. The molecule has 132 valence electrons. The van der Waals surface area contributed by atoms with Crippen LogP contribution in [0.3, 0.4) is 0 Å². The van der Waals surface area contributed by atoms with Crippen LogP contribution < -0.4 is 10.6 Å². The summed E-state index contributed by atoms with van der Waals surface area (Å²) in [7, 11) is 1.68. The van der Waals surface area contributed by atoms with Crippen molar-refractivity contribution in [3.63, 3.8) is 0 Å². The van der Waals surface area contributed by atoms with Crippen LogP contribution in [-0.4, -0.2) is 60.7 Å². The van der Waals surface area contributed by atoms with E-state index in [1.54, 1.807) is 7.11 Å². The average molecular weight is 333 g/mol. The summed E-state index contributed by atoms with van der Waals surface area (Å²) in [4.78, 5) is 24.9. The van der Waals surface area contributed by atoms with Gasteiger partial charge in [-0.05, 0) is 31.6 Å². The zero-order valence-electron chi connectivity index (χ0n) is 14.6. The van der Waals surface area contributed by atoms with Gasteiger partial charge in [-0.25, -0.2) is 4.98 Å². The highest BCUT2D eigenvalue weighted by Gasteiger charge is 2.41. The number of hydrogen-bond acceptors (Lipinski definition) is 6. The Morgan fingerprint density at radius 1 is 1.29 bits per heavy atom. The Morgan fingerprint density at radius 2 is 2.04 bits per heavy atom. The Labute approximate surface area is 143 Å². The highest BCUT2D eigenvalue weighted by molar-refractivity contribution is 5.77. The molecule has 1 aromatic heterocycles. The van der Waals surface area contributed by atoms with Gasteiger partial charge in [0.05, 0.1) is 6.61 Å². The summed E-state index contributed by atoms with van der Waals surface area (Å²) in [6.45, 7) is 5.99. The van der Waals surface area contributed by atoms with Gasteiger partial charge in [-0.3, -0.25) is 4.79 Å². The minimum Gasteiger partial charge on any atom is -0.383 e. The Bertz CT molecular complexity index is 578. The van der Waals surface area contributed by atoms with Gasteiger partial charge in [0, 0.05) is 51.5 Å². The number of anilines is 2. The molecule has 1 amide bonds. The number of methoxy groups -OCH3 is 1. The maximum Gasteiger partial charge on any atom is 0.222 e. The standard InChI is InChI=1S/C17H27N5O2/c1-13-11-14(20-16(18)19-13)21-7-5-17(6-8-21)4-3-15(23)22(12-17)9-10-24-2/h11H,3-10,12H2,1-2H3,(H2,18,19,20). The van der Waals surface area contributed by atoms with E-state index in [1.807, 2.05) is 17.9 Å². The number of aromatic nitrogens is 2. The van der Waals surface area contributed by atoms with E-state index in [4.69, 9.17) is 10.5 Å². The molecule has 1 spiro atoms. The van der Waals surface area contributed by atoms with E-state index in [9.17, 15) is 4.79 Å². The summed E-state index contributed by atoms with van der Waals surface area (Å²) in [6, 6.07) is 1.99. The van der Waals surface area contributed by atoms with Crippen LogP contribution in [0.1, 0.15) is 31.4 Å². The van der Waals surface area contributed by atoms with E-state index in [0.29, 0.717) is 25.5 Å². The van der Waals surface area contributed by atoms with Crippen molar-refractivity contribution >= 4 is 17.7 Å². The summed E-state index contributed by atoms with van der Waals surface area (Å²) in [6.07, 6.45) is 3.80.